The third-order valence-corrected chi connectivity index (χ3v) is 8.57. The highest BCUT2D eigenvalue weighted by Gasteiger charge is 2.35. The second-order valence-electron chi connectivity index (χ2n) is 9.12. The molecular weight excluding hydrogens is 550 g/mol. The van der Waals surface area contributed by atoms with Gasteiger partial charge in [-0.1, -0.05) is 29.8 Å². The number of benzene rings is 3. The maximum atomic E-state index is 14.2. The van der Waals surface area contributed by atoms with Gasteiger partial charge in [0.25, 0.3) is 5.91 Å². The van der Waals surface area contributed by atoms with Crippen molar-refractivity contribution in [3.63, 3.8) is 0 Å². The highest BCUT2D eigenvalue weighted by Crippen LogP contribution is 2.47. The van der Waals surface area contributed by atoms with Crippen LogP contribution in [0.1, 0.15) is 32.4 Å². The molecule has 7 nitrogen and oxygen atoms in total. The molecule has 0 bridgehead atoms. The lowest BCUT2D eigenvalue weighted by molar-refractivity contribution is 0.0699. The van der Waals surface area contributed by atoms with Crippen LogP contribution in [0.3, 0.4) is 0 Å². The number of carbonyl (C=O) groups is 1. The molecule has 1 atom stereocenters. The molecule has 4 aromatic rings. The van der Waals surface area contributed by atoms with Crippen molar-refractivity contribution in [2.24, 2.45) is 0 Å². The van der Waals surface area contributed by atoms with Crippen molar-refractivity contribution >= 4 is 28.8 Å². The Labute approximate surface area is 242 Å². The summed E-state index contributed by atoms with van der Waals surface area (Å²) in [6, 6.07) is 18.7. The van der Waals surface area contributed by atoms with Crippen molar-refractivity contribution < 1.29 is 28.5 Å². The number of hydrogen-bond donors (Lipinski definition) is 0. The SMILES string of the molecule is COc1cc2c(cc1OC)[C@H](c1ccccc1Cl)N(C(=O)c1ccc(-c3ccc(OC)c(OC)c3OC)s1)CC2. The van der Waals surface area contributed by atoms with E-state index >= 15 is 0 Å². The zero-order chi connectivity index (χ0) is 28.4. The topological polar surface area (TPSA) is 66.5 Å². The van der Waals surface area contributed by atoms with E-state index in [-0.39, 0.29) is 5.91 Å². The number of rotatable bonds is 8. The minimum absolute atomic E-state index is 0.0824. The van der Waals surface area contributed by atoms with Crippen molar-refractivity contribution in [2.75, 3.05) is 42.1 Å². The Morgan fingerprint density at radius 2 is 1.50 bits per heavy atom. The first kappa shape index (κ1) is 27.7. The van der Waals surface area contributed by atoms with Crippen LogP contribution in [0.2, 0.25) is 5.02 Å². The van der Waals surface area contributed by atoms with Gasteiger partial charge in [-0.05, 0) is 65.6 Å². The fourth-order valence-corrected chi connectivity index (χ4v) is 6.45. The maximum Gasteiger partial charge on any atom is 0.264 e. The molecule has 208 valence electrons. The van der Waals surface area contributed by atoms with E-state index in [0.29, 0.717) is 51.6 Å². The molecule has 9 heteroatoms. The fourth-order valence-electron chi connectivity index (χ4n) is 5.23. The number of ether oxygens (including phenoxy) is 5. The Hall–Kier alpha value is -3.88. The normalized spacial score (nSPS) is 14.3. The van der Waals surface area contributed by atoms with Gasteiger partial charge in [-0.15, -0.1) is 11.3 Å². The van der Waals surface area contributed by atoms with E-state index in [0.717, 1.165) is 27.1 Å². The lowest BCUT2D eigenvalue weighted by Crippen LogP contribution is -2.40. The molecule has 0 saturated heterocycles. The third-order valence-electron chi connectivity index (χ3n) is 7.12. The molecule has 40 heavy (non-hydrogen) atoms. The summed E-state index contributed by atoms with van der Waals surface area (Å²) in [5.74, 6) is 2.79. The molecule has 2 heterocycles. The van der Waals surface area contributed by atoms with Crippen molar-refractivity contribution in [1.82, 2.24) is 4.90 Å². The summed E-state index contributed by atoms with van der Waals surface area (Å²) in [4.78, 5) is 17.5. The van der Waals surface area contributed by atoms with Gasteiger partial charge in [-0.3, -0.25) is 4.79 Å². The Kier molecular flexibility index (Phi) is 8.09. The highest BCUT2D eigenvalue weighted by atomic mass is 35.5. The average molecular weight is 580 g/mol. The molecule has 1 aromatic heterocycles. The van der Waals surface area contributed by atoms with Crippen LogP contribution < -0.4 is 23.7 Å². The zero-order valence-electron chi connectivity index (χ0n) is 22.9. The molecule has 1 aliphatic rings. The van der Waals surface area contributed by atoms with Crippen LogP contribution in [0.25, 0.3) is 10.4 Å². The summed E-state index contributed by atoms with van der Waals surface area (Å²) in [5.41, 5.74) is 3.72. The Bertz CT molecular complexity index is 1550. The van der Waals surface area contributed by atoms with E-state index in [1.807, 2.05) is 65.6 Å². The molecule has 0 aliphatic carbocycles. The van der Waals surface area contributed by atoms with E-state index in [2.05, 4.69) is 0 Å². The van der Waals surface area contributed by atoms with E-state index in [4.69, 9.17) is 35.3 Å². The van der Waals surface area contributed by atoms with Crippen molar-refractivity contribution in [2.45, 2.75) is 12.5 Å². The van der Waals surface area contributed by atoms with Crippen LogP contribution in [0.4, 0.5) is 0 Å². The molecule has 1 amide bonds. The minimum Gasteiger partial charge on any atom is -0.493 e. The Morgan fingerprint density at radius 1 is 0.800 bits per heavy atom. The van der Waals surface area contributed by atoms with E-state index in [1.165, 1.54) is 11.3 Å². The first-order valence-electron chi connectivity index (χ1n) is 12.6. The van der Waals surface area contributed by atoms with E-state index in [1.54, 1.807) is 35.5 Å². The minimum atomic E-state index is -0.397. The fraction of sp³-hybridized carbons (Fsp3) is 0.258. The summed E-state index contributed by atoms with van der Waals surface area (Å²) in [5, 5.41) is 0.592. The Morgan fingerprint density at radius 3 is 2.17 bits per heavy atom. The second kappa shape index (κ2) is 11.7. The standard InChI is InChI=1S/C31H30ClNO6S/c1-35-23-11-10-20(29(38-4)30(23)39-5)26-12-13-27(40-26)31(34)33-15-14-18-16-24(36-2)25(37-3)17-21(18)28(33)19-8-6-7-9-22(19)32/h6-13,16-17,28H,14-15H2,1-5H3/t28-/m0/s1. The summed E-state index contributed by atoms with van der Waals surface area (Å²) >= 11 is 8.12. The molecule has 3 aromatic carbocycles. The van der Waals surface area contributed by atoms with Gasteiger partial charge in [-0.2, -0.15) is 0 Å². The van der Waals surface area contributed by atoms with Crippen molar-refractivity contribution in [3.8, 4) is 39.2 Å². The zero-order valence-corrected chi connectivity index (χ0v) is 24.5. The molecule has 0 unspecified atom stereocenters. The molecule has 0 N–H and O–H groups in total. The Balaban J connectivity index is 1.57. The lowest BCUT2D eigenvalue weighted by Gasteiger charge is -2.38. The first-order valence-corrected chi connectivity index (χ1v) is 13.8. The number of nitrogens with zero attached hydrogens (tertiary/aromatic N) is 1. The lowest BCUT2D eigenvalue weighted by atomic mass is 9.87. The maximum absolute atomic E-state index is 14.2. The molecule has 1 aliphatic heterocycles. The summed E-state index contributed by atoms with van der Waals surface area (Å²) in [7, 11) is 7.97. The van der Waals surface area contributed by atoms with E-state index in [9.17, 15) is 4.79 Å². The summed E-state index contributed by atoms with van der Waals surface area (Å²) < 4.78 is 27.8. The number of methoxy groups -OCH3 is 5. The number of halogens is 1. The molecule has 0 saturated carbocycles. The predicted octanol–water partition coefficient (Wildman–Crippen LogP) is 6.90. The molecule has 0 radical (unpaired) electrons. The molecule has 0 fully saturated rings. The van der Waals surface area contributed by atoms with Gasteiger partial charge in [-0.25, -0.2) is 0 Å². The van der Waals surface area contributed by atoms with Crippen LogP contribution in [-0.4, -0.2) is 52.9 Å². The van der Waals surface area contributed by atoms with Crippen molar-refractivity contribution in [1.29, 1.82) is 0 Å². The van der Waals surface area contributed by atoms with Crippen LogP contribution in [0.15, 0.2) is 60.7 Å². The van der Waals surface area contributed by atoms with Gasteiger partial charge in [0.05, 0.1) is 46.5 Å². The quantitative estimate of drug-likeness (QED) is 0.226. The largest absolute Gasteiger partial charge is 0.493 e. The first-order chi connectivity index (χ1) is 19.4. The number of carbonyl (C=O) groups excluding carboxylic acids is 1. The van der Waals surface area contributed by atoms with Gasteiger partial charge < -0.3 is 28.6 Å². The van der Waals surface area contributed by atoms with Gasteiger partial charge in [0.15, 0.2) is 23.0 Å². The molecule has 0 spiro atoms. The van der Waals surface area contributed by atoms with Gasteiger partial charge in [0.1, 0.15) is 0 Å². The average Bonchev–Trinajstić information content (AvgIpc) is 3.49. The van der Waals surface area contributed by atoms with Gasteiger partial charge in [0, 0.05) is 22.0 Å². The van der Waals surface area contributed by atoms with Gasteiger partial charge >= 0.3 is 0 Å². The monoisotopic (exact) mass is 579 g/mol. The third kappa shape index (κ3) is 4.82. The number of fused-ring (bicyclic) bond motifs is 1. The second-order valence-corrected chi connectivity index (χ2v) is 10.6. The van der Waals surface area contributed by atoms with Crippen LogP contribution >= 0.6 is 22.9 Å². The van der Waals surface area contributed by atoms with Crippen LogP contribution in [0, 0.1) is 0 Å². The molecule has 5 rings (SSSR count). The van der Waals surface area contributed by atoms with Gasteiger partial charge in [0.2, 0.25) is 5.75 Å². The smallest absolute Gasteiger partial charge is 0.264 e. The van der Waals surface area contributed by atoms with Crippen LogP contribution in [0.5, 0.6) is 28.7 Å². The van der Waals surface area contributed by atoms with Crippen molar-refractivity contribution in [3.05, 3.63) is 87.3 Å². The van der Waals surface area contributed by atoms with Crippen LogP contribution in [-0.2, 0) is 6.42 Å². The predicted molar refractivity (Wildman–Crippen MR) is 157 cm³/mol. The number of amides is 1. The number of thiophene rings is 1. The van der Waals surface area contributed by atoms with E-state index < -0.39 is 6.04 Å². The molecular formula is C31H30ClNO6S. The number of hydrogen-bond acceptors (Lipinski definition) is 7. The highest BCUT2D eigenvalue weighted by molar-refractivity contribution is 7.17. The summed E-state index contributed by atoms with van der Waals surface area (Å²) in [6.45, 7) is 0.518. The summed E-state index contributed by atoms with van der Waals surface area (Å²) in [6.07, 6.45) is 0.671.